The van der Waals surface area contributed by atoms with Gasteiger partial charge in [-0.3, -0.25) is 10.1 Å². The van der Waals surface area contributed by atoms with Crippen molar-refractivity contribution in [2.45, 2.75) is 95.1 Å². The number of likely N-dealkylation sites (tertiary alicyclic amines) is 1. The van der Waals surface area contributed by atoms with Gasteiger partial charge in [0.25, 0.3) is 5.91 Å². The van der Waals surface area contributed by atoms with E-state index in [1.807, 2.05) is 23.1 Å². The highest BCUT2D eigenvalue weighted by Gasteiger charge is 2.36. The number of nitrogens with zero attached hydrogens (tertiary/aromatic N) is 3. The molecular weight excluding hydrogens is 442 g/mol. The minimum absolute atomic E-state index is 0.0677. The SMILES string of the molecule is COc1cc(C(=O)N2CCCCC2)ccc1NC1CCC2NC(O)CCN(C3CCCCC3)C2=N1. The van der Waals surface area contributed by atoms with Crippen LogP contribution in [0, 0.1) is 0 Å². The second kappa shape index (κ2) is 11.2. The van der Waals surface area contributed by atoms with Crippen molar-refractivity contribution in [3.8, 4) is 5.75 Å². The zero-order valence-corrected chi connectivity index (χ0v) is 21.0. The molecule has 1 aromatic rings. The molecule has 1 aliphatic carbocycles. The number of hydrogen-bond donors (Lipinski definition) is 3. The third-order valence-electron chi connectivity index (χ3n) is 8.09. The largest absolute Gasteiger partial charge is 0.495 e. The number of ether oxygens (including phenoxy) is 1. The predicted octanol–water partition coefficient (Wildman–Crippen LogP) is 3.57. The molecule has 192 valence electrons. The zero-order chi connectivity index (χ0) is 24.2. The fourth-order valence-electron chi connectivity index (χ4n) is 6.16. The number of aliphatic hydroxyl groups excluding tert-OH is 1. The van der Waals surface area contributed by atoms with Gasteiger partial charge in [-0.2, -0.15) is 0 Å². The lowest BCUT2D eigenvalue weighted by molar-refractivity contribution is 0.0724. The van der Waals surface area contributed by atoms with Crippen molar-refractivity contribution >= 4 is 17.4 Å². The molecule has 3 aliphatic heterocycles. The Kier molecular flexibility index (Phi) is 7.78. The Bertz CT molecular complexity index is 910. The molecule has 1 amide bonds. The van der Waals surface area contributed by atoms with E-state index in [-0.39, 0.29) is 18.1 Å². The fraction of sp³-hybridized carbons (Fsp3) is 0.704. The number of piperidine rings is 1. The number of aliphatic imine (C=N–C) groups is 1. The predicted molar refractivity (Wildman–Crippen MR) is 138 cm³/mol. The summed E-state index contributed by atoms with van der Waals surface area (Å²) in [5.41, 5.74) is 1.54. The maximum atomic E-state index is 13.0. The minimum Gasteiger partial charge on any atom is -0.495 e. The number of rotatable bonds is 5. The number of methoxy groups -OCH3 is 1. The molecule has 2 saturated heterocycles. The van der Waals surface area contributed by atoms with Crippen LogP contribution in [-0.2, 0) is 0 Å². The Morgan fingerprint density at radius 3 is 2.57 bits per heavy atom. The average Bonchev–Trinajstić information content (AvgIpc) is 3.07. The number of hydrogen-bond acceptors (Lipinski definition) is 7. The molecular formula is C27H41N5O3. The van der Waals surface area contributed by atoms with Crippen LogP contribution in [0.25, 0.3) is 0 Å². The first-order valence-electron chi connectivity index (χ1n) is 13.6. The number of carbonyl (C=O) groups excluding carboxylic acids is 1. The molecule has 3 fully saturated rings. The summed E-state index contributed by atoms with van der Waals surface area (Å²) in [5.74, 6) is 1.85. The van der Waals surface area contributed by atoms with E-state index in [4.69, 9.17) is 9.73 Å². The number of amidine groups is 1. The van der Waals surface area contributed by atoms with Gasteiger partial charge in [0, 0.05) is 37.7 Å². The molecule has 3 unspecified atom stereocenters. The van der Waals surface area contributed by atoms with Gasteiger partial charge in [0.2, 0.25) is 0 Å². The summed E-state index contributed by atoms with van der Waals surface area (Å²) in [5, 5.41) is 17.4. The first-order chi connectivity index (χ1) is 17.1. The Balaban J connectivity index is 1.34. The van der Waals surface area contributed by atoms with Crippen molar-refractivity contribution in [1.82, 2.24) is 15.1 Å². The first-order valence-corrected chi connectivity index (χ1v) is 13.6. The van der Waals surface area contributed by atoms with E-state index in [0.29, 0.717) is 17.4 Å². The van der Waals surface area contributed by atoms with Crippen LogP contribution in [0.3, 0.4) is 0 Å². The highest BCUT2D eigenvalue weighted by Crippen LogP contribution is 2.31. The molecule has 0 spiro atoms. The Morgan fingerprint density at radius 2 is 1.80 bits per heavy atom. The topological polar surface area (TPSA) is 89.4 Å². The Hall–Kier alpha value is -2.32. The molecule has 4 aliphatic rings. The number of anilines is 1. The van der Waals surface area contributed by atoms with Gasteiger partial charge < -0.3 is 25.0 Å². The molecule has 3 N–H and O–H groups in total. The molecule has 1 aromatic carbocycles. The van der Waals surface area contributed by atoms with Gasteiger partial charge in [0.1, 0.15) is 24.0 Å². The normalized spacial score (nSPS) is 28.1. The number of carbonyl (C=O) groups is 1. The molecule has 8 heteroatoms. The van der Waals surface area contributed by atoms with Crippen LogP contribution in [0.5, 0.6) is 5.75 Å². The minimum atomic E-state index is -0.478. The van der Waals surface area contributed by atoms with Crippen LogP contribution >= 0.6 is 0 Å². The monoisotopic (exact) mass is 483 g/mol. The molecule has 8 nitrogen and oxygen atoms in total. The number of nitrogens with one attached hydrogen (secondary N) is 2. The number of amides is 1. The van der Waals surface area contributed by atoms with E-state index in [1.165, 1.54) is 38.5 Å². The third kappa shape index (κ3) is 5.59. The summed E-state index contributed by atoms with van der Waals surface area (Å²) < 4.78 is 5.68. The second-order valence-corrected chi connectivity index (χ2v) is 10.5. The van der Waals surface area contributed by atoms with Gasteiger partial charge in [-0.05, 0) is 63.1 Å². The maximum Gasteiger partial charge on any atom is 0.253 e. The highest BCUT2D eigenvalue weighted by atomic mass is 16.5. The van der Waals surface area contributed by atoms with E-state index in [1.54, 1.807) is 7.11 Å². The lowest BCUT2D eigenvalue weighted by Crippen LogP contribution is -2.52. The average molecular weight is 484 g/mol. The third-order valence-corrected chi connectivity index (χ3v) is 8.09. The maximum absolute atomic E-state index is 13.0. The second-order valence-electron chi connectivity index (χ2n) is 10.5. The Labute approximate surface area is 209 Å². The van der Waals surface area contributed by atoms with E-state index >= 15 is 0 Å². The summed E-state index contributed by atoms with van der Waals surface area (Å²) >= 11 is 0. The standard InChI is InChI=1S/C27H41N5O3/c1-35-23-18-19(27(34)31-15-6-3-7-16-31)10-11-21(23)28-24-13-12-22-26(30-24)32(17-14-25(33)29-22)20-8-4-2-5-9-20/h10-11,18,20,22,24-25,28-29,33H,2-9,12-17H2,1H3. The molecule has 35 heavy (non-hydrogen) atoms. The summed E-state index contributed by atoms with van der Waals surface area (Å²) in [6.45, 7) is 2.52. The molecule has 3 atom stereocenters. The van der Waals surface area contributed by atoms with E-state index in [0.717, 1.165) is 63.3 Å². The number of aliphatic hydroxyl groups is 1. The zero-order valence-electron chi connectivity index (χ0n) is 21.0. The van der Waals surface area contributed by atoms with Gasteiger partial charge in [-0.15, -0.1) is 0 Å². The summed E-state index contributed by atoms with van der Waals surface area (Å²) in [4.78, 5) is 22.6. The lowest BCUT2D eigenvalue weighted by Gasteiger charge is -2.40. The first kappa shape index (κ1) is 24.4. The van der Waals surface area contributed by atoms with Crippen LogP contribution in [0.15, 0.2) is 23.2 Å². The van der Waals surface area contributed by atoms with Gasteiger partial charge >= 0.3 is 0 Å². The van der Waals surface area contributed by atoms with Crippen LogP contribution in [0.2, 0.25) is 0 Å². The number of benzene rings is 1. The molecule has 5 rings (SSSR count). The number of fused-ring (bicyclic) bond motifs is 1. The molecule has 0 bridgehead atoms. The van der Waals surface area contributed by atoms with Gasteiger partial charge in [-0.1, -0.05) is 19.3 Å². The van der Waals surface area contributed by atoms with Crippen LogP contribution in [0.1, 0.15) is 81.0 Å². The van der Waals surface area contributed by atoms with Gasteiger partial charge in [0.15, 0.2) is 0 Å². The van der Waals surface area contributed by atoms with Gasteiger partial charge in [-0.25, -0.2) is 4.99 Å². The highest BCUT2D eigenvalue weighted by molar-refractivity contribution is 5.95. The fourth-order valence-corrected chi connectivity index (χ4v) is 6.16. The van der Waals surface area contributed by atoms with Crippen molar-refractivity contribution in [1.29, 1.82) is 0 Å². The van der Waals surface area contributed by atoms with Crippen LogP contribution in [-0.4, -0.2) is 77.9 Å². The van der Waals surface area contributed by atoms with Crippen molar-refractivity contribution in [3.05, 3.63) is 23.8 Å². The Morgan fingerprint density at radius 1 is 1.03 bits per heavy atom. The van der Waals surface area contributed by atoms with E-state index < -0.39 is 6.23 Å². The molecule has 0 radical (unpaired) electrons. The van der Waals surface area contributed by atoms with Crippen LogP contribution in [0.4, 0.5) is 5.69 Å². The van der Waals surface area contributed by atoms with Crippen molar-refractivity contribution in [3.63, 3.8) is 0 Å². The van der Waals surface area contributed by atoms with Crippen molar-refractivity contribution in [2.24, 2.45) is 4.99 Å². The molecule has 3 heterocycles. The van der Waals surface area contributed by atoms with Crippen LogP contribution < -0.4 is 15.4 Å². The molecule has 1 saturated carbocycles. The summed E-state index contributed by atoms with van der Waals surface area (Å²) in [6.07, 6.45) is 11.6. The summed E-state index contributed by atoms with van der Waals surface area (Å²) in [7, 11) is 1.65. The smallest absolute Gasteiger partial charge is 0.253 e. The van der Waals surface area contributed by atoms with Crippen molar-refractivity contribution in [2.75, 3.05) is 32.1 Å². The lowest BCUT2D eigenvalue weighted by atomic mass is 9.93. The van der Waals surface area contributed by atoms with Gasteiger partial charge in [0.05, 0.1) is 18.8 Å². The quantitative estimate of drug-likeness (QED) is 0.593. The van der Waals surface area contributed by atoms with E-state index in [9.17, 15) is 9.90 Å². The van der Waals surface area contributed by atoms with E-state index in [2.05, 4.69) is 15.5 Å². The molecule has 0 aromatic heterocycles. The summed E-state index contributed by atoms with van der Waals surface area (Å²) in [6, 6.07) is 6.33. The van der Waals surface area contributed by atoms with Crippen molar-refractivity contribution < 1.29 is 14.6 Å².